The quantitative estimate of drug-likeness (QED) is 0.583. The number of carbonyl (C=O) groups excluding carboxylic acids is 2. The van der Waals surface area contributed by atoms with Crippen molar-refractivity contribution in [1.29, 1.82) is 0 Å². The molecule has 7 nitrogen and oxygen atoms in total. The SMILES string of the molecule is O=C(Nc1cccc(C(=O)N2CCCCC2)c1)c1nnc(COc2ccc(Cl)cc2)s1. The summed E-state index contributed by atoms with van der Waals surface area (Å²) in [4.78, 5) is 27.1. The average molecular weight is 457 g/mol. The molecule has 1 saturated heterocycles. The summed E-state index contributed by atoms with van der Waals surface area (Å²) in [6.07, 6.45) is 3.22. The van der Waals surface area contributed by atoms with Crippen molar-refractivity contribution in [2.45, 2.75) is 25.9 Å². The molecule has 4 rings (SSSR count). The lowest BCUT2D eigenvalue weighted by Crippen LogP contribution is -2.35. The van der Waals surface area contributed by atoms with Gasteiger partial charge in [-0.2, -0.15) is 0 Å². The van der Waals surface area contributed by atoms with Crippen LogP contribution in [0.2, 0.25) is 5.02 Å². The second kappa shape index (κ2) is 9.89. The van der Waals surface area contributed by atoms with E-state index in [1.807, 2.05) is 4.90 Å². The van der Waals surface area contributed by atoms with Gasteiger partial charge in [-0.15, -0.1) is 10.2 Å². The molecule has 9 heteroatoms. The minimum absolute atomic E-state index is 0.00616. The number of hydrogen-bond acceptors (Lipinski definition) is 6. The Morgan fingerprint density at radius 1 is 1.06 bits per heavy atom. The number of anilines is 1. The van der Waals surface area contributed by atoms with Gasteiger partial charge in [-0.1, -0.05) is 29.0 Å². The van der Waals surface area contributed by atoms with E-state index in [0.29, 0.717) is 27.0 Å². The number of amides is 2. The summed E-state index contributed by atoms with van der Waals surface area (Å²) in [5.74, 6) is 0.270. The van der Waals surface area contributed by atoms with Gasteiger partial charge < -0.3 is 15.0 Å². The molecule has 1 aliphatic heterocycles. The molecule has 0 radical (unpaired) electrons. The number of aromatic nitrogens is 2. The van der Waals surface area contributed by atoms with Crippen LogP contribution in [0.5, 0.6) is 5.75 Å². The van der Waals surface area contributed by atoms with E-state index in [9.17, 15) is 9.59 Å². The van der Waals surface area contributed by atoms with Crippen LogP contribution in [0, 0.1) is 0 Å². The minimum Gasteiger partial charge on any atom is -0.486 e. The third-order valence-corrected chi connectivity index (χ3v) is 6.00. The average Bonchev–Trinajstić information content (AvgIpc) is 3.28. The molecule has 0 saturated carbocycles. The number of hydrogen-bond donors (Lipinski definition) is 1. The van der Waals surface area contributed by atoms with Crippen molar-refractivity contribution in [2.75, 3.05) is 18.4 Å². The Balaban J connectivity index is 1.36. The number of nitrogens with one attached hydrogen (secondary N) is 1. The van der Waals surface area contributed by atoms with Gasteiger partial charge in [-0.25, -0.2) is 0 Å². The van der Waals surface area contributed by atoms with E-state index in [-0.39, 0.29) is 23.4 Å². The third kappa shape index (κ3) is 5.59. The molecule has 2 aromatic carbocycles. The fourth-order valence-corrected chi connectivity index (χ4v) is 4.05. The molecule has 0 spiro atoms. The van der Waals surface area contributed by atoms with Crippen LogP contribution in [0.25, 0.3) is 0 Å². The predicted octanol–water partition coefficient (Wildman–Crippen LogP) is 4.65. The zero-order chi connectivity index (χ0) is 21.6. The lowest BCUT2D eigenvalue weighted by Gasteiger charge is -2.26. The van der Waals surface area contributed by atoms with Crippen LogP contribution in [-0.2, 0) is 6.61 Å². The van der Waals surface area contributed by atoms with Crippen LogP contribution in [0.4, 0.5) is 5.69 Å². The molecule has 1 N–H and O–H groups in total. The molecule has 1 aliphatic rings. The van der Waals surface area contributed by atoms with E-state index in [1.165, 1.54) is 0 Å². The molecular formula is C22H21ClN4O3S. The lowest BCUT2D eigenvalue weighted by molar-refractivity contribution is 0.0724. The Bertz CT molecular complexity index is 1060. The van der Waals surface area contributed by atoms with Crippen LogP contribution >= 0.6 is 22.9 Å². The van der Waals surface area contributed by atoms with E-state index in [4.69, 9.17) is 16.3 Å². The molecule has 1 fully saturated rings. The number of rotatable bonds is 6. The molecule has 2 amide bonds. The van der Waals surface area contributed by atoms with Crippen LogP contribution in [0.1, 0.15) is 44.4 Å². The standard InChI is InChI=1S/C22H21ClN4O3S/c23-16-7-9-18(10-8-16)30-14-19-25-26-21(31-19)20(28)24-17-6-4-5-15(13-17)22(29)27-11-2-1-3-12-27/h4-10,13H,1-3,11-12,14H2,(H,24,28). The maximum absolute atomic E-state index is 12.7. The Kier molecular flexibility index (Phi) is 6.79. The lowest BCUT2D eigenvalue weighted by atomic mass is 10.1. The van der Waals surface area contributed by atoms with Gasteiger partial charge in [0.05, 0.1) is 0 Å². The number of halogens is 1. The molecule has 0 atom stereocenters. The summed E-state index contributed by atoms with van der Waals surface area (Å²) in [6, 6.07) is 14.0. The highest BCUT2D eigenvalue weighted by molar-refractivity contribution is 7.13. The molecule has 31 heavy (non-hydrogen) atoms. The zero-order valence-electron chi connectivity index (χ0n) is 16.7. The number of carbonyl (C=O) groups is 2. The van der Waals surface area contributed by atoms with Gasteiger partial charge in [0.2, 0.25) is 5.01 Å². The molecular weight excluding hydrogens is 436 g/mol. The first-order valence-electron chi connectivity index (χ1n) is 10.00. The summed E-state index contributed by atoms with van der Waals surface area (Å²) in [5, 5.41) is 12.2. The fourth-order valence-electron chi connectivity index (χ4n) is 3.27. The number of likely N-dealkylation sites (tertiary alicyclic amines) is 1. The van der Waals surface area contributed by atoms with Gasteiger partial charge >= 0.3 is 0 Å². The number of ether oxygens (including phenoxy) is 1. The summed E-state index contributed by atoms with van der Waals surface area (Å²) in [5.41, 5.74) is 1.11. The summed E-state index contributed by atoms with van der Waals surface area (Å²) >= 11 is 7.01. The van der Waals surface area contributed by atoms with Crippen LogP contribution in [0.3, 0.4) is 0 Å². The molecule has 160 valence electrons. The smallest absolute Gasteiger partial charge is 0.286 e. The second-order valence-corrected chi connectivity index (χ2v) is 8.63. The zero-order valence-corrected chi connectivity index (χ0v) is 18.3. The first kappa shape index (κ1) is 21.3. The summed E-state index contributed by atoms with van der Waals surface area (Å²) < 4.78 is 5.63. The summed E-state index contributed by atoms with van der Waals surface area (Å²) in [7, 11) is 0. The van der Waals surface area contributed by atoms with Gasteiger partial charge in [-0.05, 0) is 61.7 Å². The van der Waals surface area contributed by atoms with Crippen LogP contribution < -0.4 is 10.1 Å². The number of benzene rings is 2. The van der Waals surface area contributed by atoms with Gasteiger partial charge in [-0.3, -0.25) is 9.59 Å². The van der Waals surface area contributed by atoms with Gasteiger partial charge in [0.15, 0.2) is 5.01 Å². The van der Waals surface area contributed by atoms with Crippen LogP contribution in [-0.4, -0.2) is 40.0 Å². The highest BCUT2D eigenvalue weighted by Gasteiger charge is 2.19. The highest BCUT2D eigenvalue weighted by Crippen LogP contribution is 2.20. The Labute approximate surface area is 189 Å². The first-order valence-corrected chi connectivity index (χ1v) is 11.2. The summed E-state index contributed by atoms with van der Waals surface area (Å²) in [6.45, 7) is 1.76. The normalized spacial score (nSPS) is 13.6. The Morgan fingerprint density at radius 3 is 2.61 bits per heavy atom. The predicted molar refractivity (Wildman–Crippen MR) is 120 cm³/mol. The molecule has 2 heterocycles. The van der Waals surface area contributed by atoms with E-state index in [2.05, 4.69) is 15.5 Å². The van der Waals surface area contributed by atoms with E-state index >= 15 is 0 Å². The first-order chi connectivity index (χ1) is 15.1. The number of nitrogens with zero attached hydrogens (tertiary/aromatic N) is 3. The maximum atomic E-state index is 12.7. The van der Waals surface area contributed by atoms with Gasteiger partial charge in [0.25, 0.3) is 11.8 Å². The molecule has 0 unspecified atom stereocenters. The second-order valence-electron chi connectivity index (χ2n) is 7.13. The minimum atomic E-state index is -0.377. The highest BCUT2D eigenvalue weighted by atomic mass is 35.5. The largest absolute Gasteiger partial charge is 0.486 e. The number of piperidine rings is 1. The van der Waals surface area contributed by atoms with E-state index < -0.39 is 0 Å². The monoisotopic (exact) mass is 456 g/mol. The molecule has 0 bridgehead atoms. The van der Waals surface area contributed by atoms with Crippen molar-refractivity contribution < 1.29 is 14.3 Å². The Morgan fingerprint density at radius 2 is 1.84 bits per heavy atom. The maximum Gasteiger partial charge on any atom is 0.286 e. The molecule has 0 aliphatic carbocycles. The van der Waals surface area contributed by atoms with Crippen molar-refractivity contribution in [3.63, 3.8) is 0 Å². The Hall–Kier alpha value is -2.97. The van der Waals surface area contributed by atoms with Crippen molar-refractivity contribution in [1.82, 2.24) is 15.1 Å². The van der Waals surface area contributed by atoms with E-state index in [1.54, 1.807) is 48.5 Å². The van der Waals surface area contributed by atoms with Crippen molar-refractivity contribution in [3.8, 4) is 5.75 Å². The topological polar surface area (TPSA) is 84.4 Å². The van der Waals surface area contributed by atoms with Crippen molar-refractivity contribution in [3.05, 3.63) is 69.1 Å². The van der Waals surface area contributed by atoms with Crippen molar-refractivity contribution in [2.24, 2.45) is 0 Å². The van der Waals surface area contributed by atoms with Gasteiger partial charge in [0, 0.05) is 29.4 Å². The fraction of sp³-hybridized carbons (Fsp3) is 0.273. The van der Waals surface area contributed by atoms with E-state index in [0.717, 1.165) is 43.7 Å². The molecule has 1 aromatic heterocycles. The third-order valence-electron chi connectivity index (χ3n) is 4.85. The van der Waals surface area contributed by atoms with Crippen molar-refractivity contribution >= 4 is 40.4 Å². The van der Waals surface area contributed by atoms with Gasteiger partial charge in [0.1, 0.15) is 12.4 Å². The van der Waals surface area contributed by atoms with Crippen LogP contribution in [0.15, 0.2) is 48.5 Å². The molecule has 3 aromatic rings.